The Kier molecular flexibility index (Phi) is 6.27. The van der Waals surface area contributed by atoms with E-state index in [1.54, 1.807) is 30.1 Å². The Hall–Kier alpha value is -3.12. The number of carbonyl (C=O) groups is 1. The second kappa shape index (κ2) is 8.71. The highest BCUT2D eigenvalue weighted by atomic mass is 32.2. The number of aryl methyl sites for hydroxylation is 2. The Balaban J connectivity index is 1.73. The van der Waals surface area contributed by atoms with Crippen molar-refractivity contribution >= 4 is 21.6 Å². The van der Waals surface area contributed by atoms with Crippen molar-refractivity contribution in [2.45, 2.75) is 32.2 Å². The zero-order valence-electron chi connectivity index (χ0n) is 17.6. The van der Waals surface area contributed by atoms with Gasteiger partial charge in [0.05, 0.1) is 10.6 Å². The van der Waals surface area contributed by atoms with Gasteiger partial charge in [0.1, 0.15) is 0 Å². The maximum atomic E-state index is 12.7. The van der Waals surface area contributed by atoms with Gasteiger partial charge in [-0.25, -0.2) is 8.42 Å². The van der Waals surface area contributed by atoms with Crippen LogP contribution in [0.4, 0.5) is 5.69 Å². The lowest BCUT2D eigenvalue weighted by Gasteiger charge is -2.18. The first-order chi connectivity index (χ1) is 14.2. The van der Waals surface area contributed by atoms with Gasteiger partial charge in [-0.1, -0.05) is 42.0 Å². The molecule has 0 aliphatic heterocycles. The van der Waals surface area contributed by atoms with Gasteiger partial charge in [0, 0.05) is 19.2 Å². The Morgan fingerprint density at radius 1 is 0.900 bits per heavy atom. The molecule has 0 unspecified atom stereocenters. The van der Waals surface area contributed by atoms with Crippen LogP contribution in [-0.2, 0) is 16.6 Å². The predicted molar refractivity (Wildman–Crippen MR) is 120 cm³/mol. The largest absolute Gasteiger partial charge is 0.337 e. The number of rotatable bonds is 6. The molecular weight excluding hydrogens is 396 g/mol. The van der Waals surface area contributed by atoms with Crippen molar-refractivity contribution in [2.75, 3.05) is 11.8 Å². The summed E-state index contributed by atoms with van der Waals surface area (Å²) in [4.78, 5) is 14.4. The second-order valence-electron chi connectivity index (χ2n) is 7.52. The summed E-state index contributed by atoms with van der Waals surface area (Å²) < 4.78 is 28.1. The molecule has 3 aromatic rings. The van der Waals surface area contributed by atoms with Gasteiger partial charge in [0.15, 0.2) is 0 Å². The van der Waals surface area contributed by atoms with Gasteiger partial charge in [0.25, 0.3) is 15.9 Å². The SMILES string of the molecule is Cc1ccc(CN(C)C(=O)c2ccc(S(=O)(=O)Nc3cccc(C)c3C)cc2)cc1. The monoisotopic (exact) mass is 422 g/mol. The van der Waals surface area contributed by atoms with Crippen LogP contribution >= 0.6 is 0 Å². The van der Waals surface area contributed by atoms with Crippen LogP contribution in [0, 0.1) is 20.8 Å². The van der Waals surface area contributed by atoms with Crippen LogP contribution in [0.3, 0.4) is 0 Å². The van der Waals surface area contributed by atoms with Crippen LogP contribution in [0.25, 0.3) is 0 Å². The van der Waals surface area contributed by atoms with Crippen LogP contribution in [0.15, 0.2) is 71.6 Å². The summed E-state index contributed by atoms with van der Waals surface area (Å²) in [6.07, 6.45) is 0. The number of nitrogens with zero attached hydrogens (tertiary/aromatic N) is 1. The topological polar surface area (TPSA) is 66.5 Å². The van der Waals surface area contributed by atoms with E-state index in [1.165, 1.54) is 17.7 Å². The molecule has 3 aromatic carbocycles. The Labute approximate surface area is 178 Å². The summed E-state index contributed by atoms with van der Waals surface area (Å²) in [5, 5.41) is 0. The molecule has 0 fully saturated rings. The van der Waals surface area contributed by atoms with E-state index in [9.17, 15) is 13.2 Å². The highest BCUT2D eigenvalue weighted by Gasteiger charge is 2.18. The van der Waals surface area contributed by atoms with Crippen LogP contribution in [0.1, 0.15) is 32.6 Å². The Morgan fingerprint density at radius 2 is 1.53 bits per heavy atom. The summed E-state index contributed by atoms with van der Waals surface area (Å²) >= 11 is 0. The molecule has 0 atom stereocenters. The van der Waals surface area contributed by atoms with Gasteiger partial charge in [-0.15, -0.1) is 0 Å². The normalized spacial score (nSPS) is 11.2. The van der Waals surface area contributed by atoms with E-state index in [-0.39, 0.29) is 10.8 Å². The van der Waals surface area contributed by atoms with Crippen molar-refractivity contribution in [1.82, 2.24) is 4.90 Å². The lowest BCUT2D eigenvalue weighted by atomic mass is 10.1. The maximum absolute atomic E-state index is 12.7. The van der Waals surface area contributed by atoms with E-state index in [0.717, 1.165) is 16.7 Å². The number of nitrogens with one attached hydrogen (secondary N) is 1. The first-order valence-electron chi connectivity index (χ1n) is 9.67. The van der Waals surface area contributed by atoms with Crippen molar-refractivity contribution in [1.29, 1.82) is 0 Å². The van der Waals surface area contributed by atoms with Gasteiger partial charge in [-0.3, -0.25) is 9.52 Å². The van der Waals surface area contributed by atoms with Gasteiger partial charge in [-0.2, -0.15) is 0 Å². The van der Waals surface area contributed by atoms with E-state index in [0.29, 0.717) is 17.8 Å². The molecule has 1 N–H and O–H groups in total. The van der Waals surface area contributed by atoms with E-state index >= 15 is 0 Å². The zero-order valence-corrected chi connectivity index (χ0v) is 18.5. The Bertz CT molecular complexity index is 1150. The molecular formula is C24H26N2O3S. The third kappa shape index (κ3) is 4.89. The predicted octanol–water partition coefficient (Wildman–Crippen LogP) is 4.68. The third-order valence-corrected chi connectivity index (χ3v) is 6.53. The van der Waals surface area contributed by atoms with Crippen molar-refractivity contribution in [3.05, 3.63) is 94.5 Å². The molecule has 0 aliphatic rings. The molecule has 156 valence electrons. The number of benzene rings is 3. The molecule has 0 spiro atoms. The first-order valence-corrected chi connectivity index (χ1v) is 11.2. The van der Waals surface area contributed by atoms with Crippen LogP contribution in [0.2, 0.25) is 0 Å². The molecule has 0 aromatic heterocycles. The Morgan fingerprint density at radius 3 is 2.17 bits per heavy atom. The smallest absolute Gasteiger partial charge is 0.261 e. The molecule has 3 rings (SSSR count). The summed E-state index contributed by atoms with van der Waals surface area (Å²) in [6.45, 7) is 6.30. The molecule has 1 amide bonds. The zero-order chi connectivity index (χ0) is 21.9. The molecule has 0 heterocycles. The molecule has 6 heteroatoms. The minimum Gasteiger partial charge on any atom is -0.337 e. The van der Waals surface area contributed by atoms with E-state index in [1.807, 2.05) is 57.2 Å². The standard InChI is InChI=1S/C24H26N2O3S/c1-17-8-10-20(11-9-17)16-26(4)24(27)21-12-14-22(15-13-21)30(28,29)25-23-7-5-6-18(2)19(23)3/h5-15,25H,16H2,1-4H3. The first kappa shape index (κ1) is 21.6. The maximum Gasteiger partial charge on any atom is 0.261 e. The van der Waals surface area contributed by atoms with Crippen molar-refractivity contribution in [3.8, 4) is 0 Å². The fourth-order valence-electron chi connectivity index (χ4n) is 3.10. The van der Waals surface area contributed by atoms with Crippen LogP contribution < -0.4 is 4.72 Å². The number of sulfonamides is 1. The van der Waals surface area contributed by atoms with Crippen molar-refractivity contribution < 1.29 is 13.2 Å². The number of hydrogen-bond acceptors (Lipinski definition) is 3. The van der Waals surface area contributed by atoms with Gasteiger partial charge in [0.2, 0.25) is 0 Å². The van der Waals surface area contributed by atoms with Crippen LogP contribution in [0.5, 0.6) is 0 Å². The molecule has 0 radical (unpaired) electrons. The summed E-state index contributed by atoms with van der Waals surface area (Å²) in [5.74, 6) is -0.165. The molecule has 5 nitrogen and oxygen atoms in total. The summed E-state index contributed by atoms with van der Waals surface area (Å²) in [7, 11) is -2.01. The molecule has 0 saturated carbocycles. The second-order valence-corrected chi connectivity index (χ2v) is 9.21. The quantitative estimate of drug-likeness (QED) is 0.627. The average Bonchev–Trinajstić information content (AvgIpc) is 2.72. The van der Waals surface area contributed by atoms with Crippen LogP contribution in [-0.4, -0.2) is 26.3 Å². The molecule has 0 aliphatic carbocycles. The van der Waals surface area contributed by atoms with E-state index in [4.69, 9.17) is 0 Å². The van der Waals surface area contributed by atoms with Crippen molar-refractivity contribution in [3.63, 3.8) is 0 Å². The van der Waals surface area contributed by atoms with Crippen molar-refractivity contribution in [2.24, 2.45) is 0 Å². The minimum absolute atomic E-state index is 0.112. The fraction of sp³-hybridized carbons (Fsp3) is 0.208. The highest BCUT2D eigenvalue weighted by molar-refractivity contribution is 7.92. The third-order valence-electron chi connectivity index (χ3n) is 5.15. The molecule has 30 heavy (non-hydrogen) atoms. The highest BCUT2D eigenvalue weighted by Crippen LogP contribution is 2.22. The molecule has 0 saturated heterocycles. The number of anilines is 1. The van der Waals surface area contributed by atoms with Gasteiger partial charge >= 0.3 is 0 Å². The average molecular weight is 423 g/mol. The summed E-state index contributed by atoms with van der Waals surface area (Å²) in [6, 6.07) is 19.5. The van der Waals surface area contributed by atoms with E-state index < -0.39 is 10.0 Å². The lowest BCUT2D eigenvalue weighted by molar-refractivity contribution is 0.0785. The lowest BCUT2D eigenvalue weighted by Crippen LogP contribution is -2.26. The summed E-state index contributed by atoms with van der Waals surface area (Å²) in [5.41, 5.74) is 5.08. The van der Waals surface area contributed by atoms with Gasteiger partial charge < -0.3 is 4.90 Å². The minimum atomic E-state index is -3.74. The number of carbonyl (C=O) groups excluding carboxylic acids is 1. The molecule has 0 bridgehead atoms. The van der Waals surface area contributed by atoms with Gasteiger partial charge in [-0.05, 0) is 67.8 Å². The number of amides is 1. The fourth-order valence-corrected chi connectivity index (χ4v) is 4.22. The number of hydrogen-bond donors (Lipinski definition) is 1. The van der Waals surface area contributed by atoms with E-state index in [2.05, 4.69) is 4.72 Å².